The number of benzene rings is 1. The molecule has 0 aliphatic carbocycles. The summed E-state index contributed by atoms with van der Waals surface area (Å²) in [4.78, 5) is 0. The third kappa shape index (κ3) is 1.01. The van der Waals surface area contributed by atoms with Gasteiger partial charge in [0.15, 0.2) is 23.3 Å². The van der Waals surface area contributed by atoms with Crippen LogP contribution in [0.2, 0.25) is 0 Å². The van der Waals surface area contributed by atoms with Crippen molar-refractivity contribution in [3.63, 3.8) is 0 Å². The van der Waals surface area contributed by atoms with Gasteiger partial charge < -0.3 is 5.73 Å². The van der Waals surface area contributed by atoms with Crippen molar-refractivity contribution >= 4 is 5.69 Å². The summed E-state index contributed by atoms with van der Waals surface area (Å²) >= 11 is 0. The van der Waals surface area contributed by atoms with E-state index >= 15 is 0 Å². The summed E-state index contributed by atoms with van der Waals surface area (Å²) in [5.41, 5.74) is 2.57. The zero-order chi connectivity index (χ0) is 9.46. The van der Waals surface area contributed by atoms with Gasteiger partial charge in [0.1, 0.15) is 5.69 Å². The summed E-state index contributed by atoms with van der Waals surface area (Å²) in [5.74, 6) is -6.35. The highest BCUT2D eigenvalue weighted by molar-refractivity contribution is 5.45. The summed E-state index contributed by atoms with van der Waals surface area (Å²) < 4.78 is 50.0. The van der Waals surface area contributed by atoms with E-state index in [1.165, 1.54) is 0 Å². The summed E-state index contributed by atoms with van der Waals surface area (Å²) in [6.45, 7) is 2.80. The SMILES string of the molecule is [CH2]c1c(F)c(F)c(N)c(F)c1F. The highest BCUT2D eigenvalue weighted by Gasteiger charge is 2.20. The number of halogens is 4. The topological polar surface area (TPSA) is 26.0 Å². The normalized spacial score (nSPS) is 10.4. The van der Waals surface area contributed by atoms with E-state index in [0.717, 1.165) is 0 Å². The van der Waals surface area contributed by atoms with Gasteiger partial charge in [-0.25, -0.2) is 17.6 Å². The highest BCUT2D eigenvalue weighted by atomic mass is 19.2. The summed E-state index contributed by atoms with van der Waals surface area (Å²) in [5, 5.41) is 0. The molecule has 12 heavy (non-hydrogen) atoms. The number of hydrogen-bond acceptors (Lipinski definition) is 1. The zero-order valence-corrected chi connectivity index (χ0v) is 5.80. The van der Waals surface area contributed by atoms with Crippen molar-refractivity contribution in [2.24, 2.45) is 0 Å². The third-order valence-corrected chi connectivity index (χ3v) is 1.39. The van der Waals surface area contributed by atoms with Gasteiger partial charge in [-0.2, -0.15) is 0 Å². The Morgan fingerprint density at radius 2 is 1.17 bits per heavy atom. The minimum absolute atomic E-state index is 0.959. The minimum atomic E-state index is -1.61. The first kappa shape index (κ1) is 8.83. The van der Waals surface area contributed by atoms with Crippen molar-refractivity contribution in [3.8, 4) is 0 Å². The fourth-order valence-electron chi connectivity index (χ4n) is 0.694. The molecule has 2 N–H and O–H groups in total. The average Bonchev–Trinajstić information content (AvgIpc) is 2.08. The van der Waals surface area contributed by atoms with Gasteiger partial charge in [0, 0.05) is 5.56 Å². The molecule has 0 unspecified atom stereocenters. The lowest BCUT2D eigenvalue weighted by molar-refractivity contribution is 0.455. The molecule has 0 saturated carbocycles. The first-order chi connectivity index (χ1) is 5.46. The standard InChI is InChI=1S/C7H4F4N/c1-2-3(8)5(10)7(12)6(11)4(2)9/h1,12H2. The number of nitrogen functional groups attached to an aromatic ring is 1. The van der Waals surface area contributed by atoms with Crippen molar-refractivity contribution in [2.75, 3.05) is 5.73 Å². The summed E-state index contributed by atoms with van der Waals surface area (Å²) in [6.07, 6.45) is 0. The molecule has 1 aromatic carbocycles. The van der Waals surface area contributed by atoms with Crippen LogP contribution in [0, 0.1) is 30.2 Å². The second kappa shape index (κ2) is 2.66. The molecule has 0 bridgehead atoms. The van der Waals surface area contributed by atoms with Gasteiger partial charge >= 0.3 is 0 Å². The molecule has 0 fully saturated rings. The Kier molecular flexibility index (Phi) is 1.95. The lowest BCUT2D eigenvalue weighted by Gasteiger charge is -2.04. The maximum absolute atomic E-state index is 12.5. The molecule has 0 spiro atoms. The van der Waals surface area contributed by atoms with Crippen molar-refractivity contribution in [2.45, 2.75) is 0 Å². The molecular weight excluding hydrogens is 174 g/mol. The zero-order valence-electron chi connectivity index (χ0n) is 5.80. The molecule has 0 aromatic heterocycles. The number of rotatable bonds is 0. The van der Waals surface area contributed by atoms with Crippen LogP contribution in [0.3, 0.4) is 0 Å². The molecule has 0 aliphatic heterocycles. The highest BCUT2D eigenvalue weighted by Crippen LogP contribution is 2.24. The Bertz CT molecular complexity index is 230. The largest absolute Gasteiger partial charge is 0.394 e. The smallest absolute Gasteiger partial charge is 0.185 e. The average molecular weight is 178 g/mol. The maximum atomic E-state index is 12.5. The molecule has 0 aliphatic rings. The molecule has 5 heteroatoms. The van der Waals surface area contributed by atoms with Crippen molar-refractivity contribution < 1.29 is 17.6 Å². The van der Waals surface area contributed by atoms with Gasteiger partial charge in [0.2, 0.25) is 0 Å². The monoisotopic (exact) mass is 178 g/mol. The van der Waals surface area contributed by atoms with E-state index in [9.17, 15) is 17.6 Å². The molecule has 1 nitrogen and oxygen atoms in total. The van der Waals surface area contributed by atoms with Crippen LogP contribution in [0.4, 0.5) is 23.2 Å². The second-order valence-electron chi connectivity index (χ2n) is 2.15. The lowest BCUT2D eigenvalue weighted by atomic mass is 10.2. The van der Waals surface area contributed by atoms with Crippen LogP contribution in [0.5, 0.6) is 0 Å². The molecule has 65 valence electrons. The lowest BCUT2D eigenvalue weighted by Crippen LogP contribution is -2.05. The van der Waals surface area contributed by atoms with Crippen LogP contribution in [0.1, 0.15) is 5.56 Å². The molecule has 1 aromatic rings. The van der Waals surface area contributed by atoms with E-state index < -0.39 is 34.5 Å². The molecule has 1 radical (unpaired) electrons. The second-order valence-corrected chi connectivity index (χ2v) is 2.15. The fraction of sp³-hybridized carbons (Fsp3) is 0. The Hall–Kier alpha value is -1.26. The Morgan fingerprint density at radius 1 is 0.833 bits per heavy atom. The Morgan fingerprint density at radius 3 is 1.50 bits per heavy atom. The van der Waals surface area contributed by atoms with Crippen molar-refractivity contribution in [3.05, 3.63) is 35.8 Å². The number of hydrogen-bond donors (Lipinski definition) is 1. The number of anilines is 1. The molecule has 1 rings (SSSR count). The van der Waals surface area contributed by atoms with Gasteiger partial charge in [-0.15, -0.1) is 0 Å². The van der Waals surface area contributed by atoms with E-state index in [2.05, 4.69) is 6.92 Å². The first-order valence-corrected chi connectivity index (χ1v) is 2.90. The predicted molar refractivity (Wildman–Crippen MR) is 35.1 cm³/mol. The Balaban J connectivity index is 3.60. The van der Waals surface area contributed by atoms with E-state index in [1.54, 1.807) is 0 Å². The first-order valence-electron chi connectivity index (χ1n) is 2.90. The van der Waals surface area contributed by atoms with Crippen LogP contribution in [0.25, 0.3) is 0 Å². The van der Waals surface area contributed by atoms with E-state index in [0.29, 0.717) is 0 Å². The van der Waals surface area contributed by atoms with Crippen LogP contribution >= 0.6 is 0 Å². The Labute approximate surface area is 65.8 Å². The maximum Gasteiger partial charge on any atom is 0.185 e. The van der Waals surface area contributed by atoms with Crippen LogP contribution < -0.4 is 5.73 Å². The van der Waals surface area contributed by atoms with Crippen molar-refractivity contribution in [1.29, 1.82) is 0 Å². The van der Waals surface area contributed by atoms with Crippen molar-refractivity contribution in [1.82, 2.24) is 0 Å². The van der Waals surface area contributed by atoms with Crippen LogP contribution in [-0.4, -0.2) is 0 Å². The van der Waals surface area contributed by atoms with Crippen LogP contribution in [-0.2, 0) is 0 Å². The molecule has 0 heterocycles. The summed E-state index contributed by atoms with van der Waals surface area (Å²) in [7, 11) is 0. The van der Waals surface area contributed by atoms with Gasteiger partial charge in [0.05, 0.1) is 0 Å². The molecule has 0 saturated heterocycles. The summed E-state index contributed by atoms with van der Waals surface area (Å²) in [6, 6.07) is 0. The third-order valence-electron chi connectivity index (χ3n) is 1.39. The van der Waals surface area contributed by atoms with Gasteiger partial charge in [0.25, 0.3) is 0 Å². The molecular formula is C7H4F4N. The van der Waals surface area contributed by atoms with E-state index in [1.807, 2.05) is 0 Å². The quantitative estimate of drug-likeness (QED) is 0.367. The van der Waals surface area contributed by atoms with E-state index in [-0.39, 0.29) is 0 Å². The molecule has 0 atom stereocenters. The van der Waals surface area contributed by atoms with Gasteiger partial charge in [-0.3, -0.25) is 0 Å². The number of nitrogens with two attached hydrogens (primary N) is 1. The predicted octanol–water partition coefficient (Wildman–Crippen LogP) is 2.01. The van der Waals surface area contributed by atoms with Crippen LogP contribution in [0.15, 0.2) is 0 Å². The van der Waals surface area contributed by atoms with Gasteiger partial charge in [-0.05, 0) is 6.92 Å². The minimum Gasteiger partial charge on any atom is -0.394 e. The van der Waals surface area contributed by atoms with Gasteiger partial charge in [-0.1, -0.05) is 0 Å². The van der Waals surface area contributed by atoms with E-state index in [4.69, 9.17) is 5.73 Å². The molecule has 0 amide bonds. The fourth-order valence-corrected chi connectivity index (χ4v) is 0.694.